The number of carbonyl (C=O) groups excluding carboxylic acids is 3. The van der Waals surface area contributed by atoms with Crippen molar-refractivity contribution in [2.45, 2.75) is 38.8 Å². The van der Waals surface area contributed by atoms with Gasteiger partial charge in [-0.25, -0.2) is 0 Å². The molecule has 124 valence electrons. The van der Waals surface area contributed by atoms with Gasteiger partial charge in [0.15, 0.2) is 0 Å². The van der Waals surface area contributed by atoms with Crippen LogP contribution in [0.1, 0.15) is 37.0 Å². The zero-order chi connectivity index (χ0) is 17.0. The van der Waals surface area contributed by atoms with Crippen LogP contribution in [0.4, 0.5) is 0 Å². The zero-order valence-electron chi connectivity index (χ0n) is 14.0. The molecule has 3 unspecified atom stereocenters. The van der Waals surface area contributed by atoms with Crippen LogP contribution in [-0.4, -0.2) is 41.2 Å². The van der Waals surface area contributed by atoms with Gasteiger partial charge >= 0.3 is 32.7 Å². The normalized spacial score (nSPS) is 22.1. The molecule has 1 aromatic carbocycles. The molecule has 1 aromatic rings. The fourth-order valence-corrected chi connectivity index (χ4v) is 2.83. The van der Waals surface area contributed by atoms with Gasteiger partial charge in [-0.2, -0.15) is 0 Å². The summed E-state index contributed by atoms with van der Waals surface area (Å²) in [5, 5.41) is 2.80. The van der Waals surface area contributed by atoms with Crippen molar-refractivity contribution in [2.24, 2.45) is 5.92 Å². The minimum atomic E-state index is -0.791. The molecule has 6 nitrogen and oxygen atoms in total. The van der Waals surface area contributed by atoms with Crippen molar-refractivity contribution in [1.29, 1.82) is 0 Å². The third kappa shape index (κ3) is 4.87. The van der Waals surface area contributed by atoms with Crippen molar-refractivity contribution >= 4 is 17.7 Å². The van der Waals surface area contributed by atoms with E-state index in [1.807, 2.05) is 13.0 Å². The van der Waals surface area contributed by atoms with Crippen molar-refractivity contribution in [3.63, 3.8) is 0 Å². The summed E-state index contributed by atoms with van der Waals surface area (Å²) < 4.78 is 0. The number of hydrogen-bond acceptors (Lipinski definition) is 3. The predicted molar refractivity (Wildman–Crippen MR) is 86.6 cm³/mol. The van der Waals surface area contributed by atoms with E-state index in [4.69, 9.17) is 5.73 Å². The standard InChI is InChI=1S/C17H23N3O3.Y/c1-11-7-6-10-20(12(2)15(18)21)17(23)14(11)19-16(22)13-8-4-3-5-9-13;/h3-5,8-9,11-12,14H,6-7,10H2,1-2H3,(H3,18,19,21,22);/q;+3/p-1. The largest absolute Gasteiger partial charge is 3.00 e. The molecule has 2 N–H and O–H groups in total. The summed E-state index contributed by atoms with van der Waals surface area (Å²) in [7, 11) is 0. The number of hydrogen-bond donors (Lipinski definition) is 1. The summed E-state index contributed by atoms with van der Waals surface area (Å²) in [5.41, 5.74) is 7.75. The Labute approximate surface area is 167 Å². The third-order valence-corrected chi connectivity index (χ3v) is 4.35. The van der Waals surface area contributed by atoms with Gasteiger partial charge in [-0.05, 0) is 37.8 Å². The smallest absolute Gasteiger partial charge is 0.666 e. The van der Waals surface area contributed by atoms with E-state index in [0.717, 1.165) is 12.8 Å². The molecule has 3 amide bonds. The van der Waals surface area contributed by atoms with Crippen molar-refractivity contribution in [1.82, 2.24) is 10.2 Å². The van der Waals surface area contributed by atoms with Crippen LogP contribution in [0.15, 0.2) is 30.3 Å². The first-order valence-electron chi connectivity index (χ1n) is 7.83. The van der Waals surface area contributed by atoms with E-state index in [-0.39, 0.29) is 50.4 Å². The molecule has 0 aliphatic carbocycles. The molecule has 24 heavy (non-hydrogen) atoms. The quantitative estimate of drug-likeness (QED) is 0.831. The topological polar surface area (TPSA) is 90.3 Å². The van der Waals surface area contributed by atoms with Gasteiger partial charge in [-0.1, -0.05) is 25.1 Å². The monoisotopic (exact) mass is 405 g/mol. The van der Waals surface area contributed by atoms with Gasteiger partial charge in [-0.15, -0.1) is 0 Å². The van der Waals surface area contributed by atoms with Crippen LogP contribution in [0.5, 0.6) is 0 Å². The Balaban J connectivity index is 0.00000288. The second kappa shape index (κ2) is 9.28. The van der Waals surface area contributed by atoms with Crippen molar-refractivity contribution < 1.29 is 47.1 Å². The zero-order valence-corrected chi connectivity index (χ0v) is 16.8. The van der Waals surface area contributed by atoms with Crippen molar-refractivity contribution in [3.05, 3.63) is 41.6 Å². The Morgan fingerprint density at radius 2 is 1.92 bits per heavy atom. The molecule has 1 aliphatic rings. The second-order valence-electron chi connectivity index (χ2n) is 6.01. The summed E-state index contributed by atoms with van der Waals surface area (Å²) in [6, 6.07) is 7.26. The minimum absolute atomic E-state index is 0. The average Bonchev–Trinajstić information content (AvgIpc) is 2.68. The van der Waals surface area contributed by atoms with E-state index in [0.29, 0.717) is 12.1 Å². The number of carbonyl (C=O) groups is 3. The molecular formula is C17H22N3O3Y+2. The van der Waals surface area contributed by atoms with Crippen LogP contribution < -0.4 is 5.32 Å². The third-order valence-electron chi connectivity index (χ3n) is 4.35. The summed E-state index contributed by atoms with van der Waals surface area (Å²) in [5.74, 6) is -1.40. The molecule has 0 radical (unpaired) electrons. The van der Waals surface area contributed by atoms with E-state index < -0.39 is 18.0 Å². The molecule has 0 saturated carbocycles. The summed E-state index contributed by atoms with van der Waals surface area (Å²) in [6.07, 6.45) is 1.53. The van der Waals surface area contributed by atoms with Gasteiger partial charge in [0.2, 0.25) is 5.91 Å². The van der Waals surface area contributed by atoms with Gasteiger partial charge in [-0.3, -0.25) is 9.59 Å². The molecule has 0 bridgehead atoms. The first kappa shape index (κ1) is 20.8. The molecule has 2 rings (SSSR count). The first-order chi connectivity index (χ1) is 10.9. The number of nitrogens with zero attached hydrogens (tertiary/aromatic N) is 1. The molecule has 1 fully saturated rings. The van der Waals surface area contributed by atoms with Crippen LogP contribution in [0.25, 0.3) is 5.73 Å². The number of rotatable bonds is 4. The molecule has 1 heterocycles. The van der Waals surface area contributed by atoms with Crippen LogP contribution >= 0.6 is 0 Å². The summed E-state index contributed by atoms with van der Waals surface area (Å²) in [6.45, 7) is 3.91. The fourth-order valence-electron chi connectivity index (χ4n) is 2.83. The summed E-state index contributed by atoms with van der Waals surface area (Å²) in [4.78, 5) is 37.8. The van der Waals surface area contributed by atoms with Crippen LogP contribution in [-0.2, 0) is 42.3 Å². The maximum atomic E-state index is 12.7. The van der Waals surface area contributed by atoms with E-state index in [1.165, 1.54) is 4.90 Å². The van der Waals surface area contributed by atoms with Crippen LogP contribution in [0.2, 0.25) is 0 Å². The van der Waals surface area contributed by atoms with Crippen LogP contribution in [0, 0.1) is 5.92 Å². The van der Waals surface area contributed by atoms with Crippen LogP contribution in [0.3, 0.4) is 0 Å². The maximum absolute atomic E-state index is 12.7. The molecule has 7 heteroatoms. The SMILES string of the molecule is CC1CCCN(C(C)C([NH-])=O)C(=O)C1NC(=O)c1ccccc1.[Y+3]. The van der Waals surface area contributed by atoms with Gasteiger partial charge in [0.1, 0.15) is 6.04 Å². The van der Waals surface area contributed by atoms with E-state index >= 15 is 0 Å². The number of nitrogens with one attached hydrogen (secondary N) is 2. The Morgan fingerprint density at radius 3 is 2.50 bits per heavy atom. The Bertz CT molecular complexity index is 594. The molecule has 0 spiro atoms. The number of likely N-dealkylation sites (tertiary alicyclic amines) is 1. The number of amides is 3. The molecule has 1 aliphatic heterocycles. The Hall–Kier alpha value is -1.27. The van der Waals surface area contributed by atoms with E-state index in [2.05, 4.69) is 5.32 Å². The fraction of sp³-hybridized carbons (Fsp3) is 0.471. The molecule has 1 saturated heterocycles. The number of benzene rings is 1. The first-order valence-corrected chi connectivity index (χ1v) is 7.83. The Kier molecular flexibility index (Phi) is 8.03. The molecule has 3 atom stereocenters. The maximum Gasteiger partial charge on any atom is 3.00 e. The van der Waals surface area contributed by atoms with Gasteiger partial charge in [0, 0.05) is 12.1 Å². The van der Waals surface area contributed by atoms with Gasteiger partial charge in [0.25, 0.3) is 5.91 Å². The second-order valence-corrected chi connectivity index (χ2v) is 6.01. The molecular weight excluding hydrogens is 383 g/mol. The minimum Gasteiger partial charge on any atom is -0.666 e. The van der Waals surface area contributed by atoms with Gasteiger partial charge < -0.3 is 20.7 Å². The predicted octanol–water partition coefficient (Wildman–Crippen LogP) is 2.01. The average molecular weight is 405 g/mol. The summed E-state index contributed by atoms with van der Waals surface area (Å²) >= 11 is 0. The Morgan fingerprint density at radius 1 is 1.29 bits per heavy atom. The van der Waals surface area contributed by atoms with E-state index in [1.54, 1.807) is 31.2 Å². The molecule has 0 aromatic heterocycles. The van der Waals surface area contributed by atoms with Crippen molar-refractivity contribution in [2.75, 3.05) is 6.54 Å². The van der Waals surface area contributed by atoms with E-state index in [9.17, 15) is 14.4 Å². The van der Waals surface area contributed by atoms with Gasteiger partial charge in [0.05, 0.1) is 11.9 Å². The van der Waals surface area contributed by atoms with Crippen molar-refractivity contribution in [3.8, 4) is 0 Å².